The SMILES string of the molecule is Cc1ccc(NC(=O)c2ccc(F)cc2C)c(C(=O)O)c1. The summed E-state index contributed by atoms with van der Waals surface area (Å²) < 4.78 is 13.0. The smallest absolute Gasteiger partial charge is 0.337 e. The van der Waals surface area contributed by atoms with E-state index in [1.807, 2.05) is 0 Å². The van der Waals surface area contributed by atoms with E-state index in [1.165, 1.54) is 30.3 Å². The topological polar surface area (TPSA) is 66.4 Å². The van der Waals surface area contributed by atoms with Crippen molar-refractivity contribution in [1.82, 2.24) is 0 Å². The number of halogens is 1. The van der Waals surface area contributed by atoms with E-state index in [4.69, 9.17) is 5.11 Å². The predicted molar refractivity (Wildman–Crippen MR) is 77.2 cm³/mol. The molecule has 0 spiro atoms. The van der Waals surface area contributed by atoms with Gasteiger partial charge in [-0.3, -0.25) is 4.79 Å². The van der Waals surface area contributed by atoms with Gasteiger partial charge in [0.1, 0.15) is 5.82 Å². The molecule has 0 fully saturated rings. The second-order valence-electron chi connectivity index (χ2n) is 4.77. The fourth-order valence-electron chi connectivity index (χ4n) is 2.02. The van der Waals surface area contributed by atoms with E-state index in [2.05, 4.69) is 5.32 Å². The number of aromatic carboxylic acids is 1. The van der Waals surface area contributed by atoms with E-state index in [1.54, 1.807) is 19.9 Å². The monoisotopic (exact) mass is 287 g/mol. The lowest BCUT2D eigenvalue weighted by molar-refractivity contribution is 0.0698. The van der Waals surface area contributed by atoms with Crippen LogP contribution in [0.5, 0.6) is 0 Å². The number of carboxylic acid groups (broad SMARTS) is 1. The van der Waals surface area contributed by atoms with Crippen molar-refractivity contribution >= 4 is 17.6 Å². The molecule has 0 heterocycles. The summed E-state index contributed by atoms with van der Waals surface area (Å²) in [6.07, 6.45) is 0. The molecule has 0 aliphatic heterocycles. The average molecular weight is 287 g/mol. The summed E-state index contributed by atoms with van der Waals surface area (Å²) in [5, 5.41) is 11.7. The zero-order valence-corrected chi connectivity index (χ0v) is 11.6. The number of anilines is 1. The van der Waals surface area contributed by atoms with Crippen molar-refractivity contribution < 1.29 is 19.1 Å². The van der Waals surface area contributed by atoms with Gasteiger partial charge >= 0.3 is 5.97 Å². The molecule has 2 aromatic carbocycles. The summed E-state index contributed by atoms with van der Waals surface area (Å²) in [6.45, 7) is 3.38. The standard InChI is InChI=1S/C16H14FNO3/c1-9-3-6-14(13(7-9)16(20)21)18-15(19)12-5-4-11(17)8-10(12)2/h3-8H,1-2H3,(H,18,19)(H,20,21). The van der Waals surface area contributed by atoms with Crippen LogP contribution in [0.2, 0.25) is 0 Å². The molecule has 0 unspecified atom stereocenters. The van der Waals surface area contributed by atoms with Gasteiger partial charge in [-0.25, -0.2) is 9.18 Å². The normalized spacial score (nSPS) is 10.2. The molecule has 2 aromatic rings. The third-order valence-corrected chi connectivity index (χ3v) is 3.09. The number of hydrogen-bond acceptors (Lipinski definition) is 2. The Morgan fingerprint density at radius 1 is 1.05 bits per heavy atom. The lowest BCUT2D eigenvalue weighted by atomic mass is 10.1. The first-order valence-electron chi connectivity index (χ1n) is 6.30. The van der Waals surface area contributed by atoms with E-state index < -0.39 is 17.7 Å². The van der Waals surface area contributed by atoms with Gasteiger partial charge in [0.15, 0.2) is 0 Å². The van der Waals surface area contributed by atoms with Gasteiger partial charge in [0.05, 0.1) is 11.3 Å². The molecule has 21 heavy (non-hydrogen) atoms. The zero-order valence-electron chi connectivity index (χ0n) is 11.6. The first-order valence-corrected chi connectivity index (χ1v) is 6.30. The molecule has 2 rings (SSSR count). The van der Waals surface area contributed by atoms with Crippen LogP contribution in [0.3, 0.4) is 0 Å². The molecule has 0 aromatic heterocycles. The molecule has 0 bridgehead atoms. The Balaban J connectivity index is 2.34. The van der Waals surface area contributed by atoms with Gasteiger partial charge in [-0.15, -0.1) is 0 Å². The molecule has 4 nitrogen and oxygen atoms in total. The first kappa shape index (κ1) is 14.7. The van der Waals surface area contributed by atoms with Gasteiger partial charge in [-0.2, -0.15) is 0 Å². The van der Waals surface area contributed by atoms with Crippen LogP contribution in [0, 0.1) is 19.7 Å². The minimum absolute atomic E-state index is 0.0168. The highest BCUT2D eigenvalue weighted by atomic mass is 19.1. The van der Waals surface area contributed by atoms with Crippen LogP contribution >= 0.6 is 0 Å². The molecule has 0 saturated carbocycles. The summed E-state index contributed by atoms with van der Waals surface area (Å²) in [6, 6.07) is 8.54. The Bertz CT molecular complexity index is 725. The molecular formula is C16H14FNO3. The minimum atomic E-state index is -1.12. The van der Waals surface area contributed by atoms with Crippen LogP contribution in [-0.4, -0.2) is 17.0 Å². The summed E-state index contributed by atoms with van der Waals surface area (Å²) in [4.78, 5) is 23.4. The quantitative estimate of drug-likeness (QED) is 0.909. The van der Waals surface area contributed by atoms with Crippen molar-refractivity contribution in [2.75, 3.05) is 5.32 Å². The van der Waals surface area contributed by atoms with Crippen molar-refractivity contribution in [2.45, 2.75) is 13.8 Å². The van der Waals surface area contributed by atoms with Crippen molar-refractivity contribution in [3.63, 3.8) is 0 Å². The maximum Gasteiger partial charge on any atom is 0.337 e. The van der Waals surface area contributed by atoms with Crippen LogP contribution in [-0.2, 0) is 0 Å². The highest BCUT2D eigenvalue weighted by Gasteiger charge is 2.15. The third kappa shape index (κ3) is 3.25. The number of carbonyl (C=O) groups excluding carboxylic acids is 1. The number of nitrogens with one attached hydrogen (secondary N) is 1. The molecule has 0 aliphatic carbocycles. The third-order valence-electron chi connectivity index (χ3n) is 3.09. The Hall–Kier alpha value is -2.69. The molecule has 0 atom stereocenters. The van der Waals surface area contributed by atoms with Gasteiger partial charge in [-0.1, -0.05) is 11.6 Å². The van der Waals surface area contributed by atoms with Crippen LogP contribution in [0.4, 0.5) is 10.1 Å². The summed E-state index contributed by atoms with van der Waals surface area (Å²) in [5.41, 5.74) is 1.79. The fraction of sp³-hybridized carbons (Fsp3) is 0.125. The maximum absolute atomic E-state index is 13.0. The highest BCUT2D eigenvalue weighted by Crippen LogP contribution is 2.19. The number of carboxylic acids is 1. The molecule has 0 aliphatic rings. The number of benzene rings is 2. The molecule has 5 heteroatoms. The molecule has 0 saturated heterocycles. The minimum Gasteiger partial charge on any atom is -0.478 e. The molecule has 1 amide bonds. The van der Waals surface area contributed by atoms with E-state index in [9.17, 15) is 14.0 Å². The molecular weight excluding hydrogens is 273 g/mol. The second-order valence-corrected chi connectivity index (χ2v) is 4.77. The van der Waals surface area contributed by atoms with E-state index in [0.29, 0.717) is 11.1 Å². The first-order chi connectivity index (χ1) is 9.88. The number of aryl methyl sites for hydroxylation is 2. The van der Waals surface area contributed by atoms with Crippen LogP contribution in [0.1, 0.15) is 31.8 Å². The van der Waals surface area contributed by atoms with Gasteiger partial charge in [0, 0.05) is 5.56 Å². The predicted octanol–water partition coefficient (Wildman–Crippen LogP) is 3.39. The lowest BCUT2D eigenvalue weighted by Gasteiger charge is -2.11. The van der Waals surface area contributed by atoms with Gasteiger partial charge in [-0.05, 0) is 49.7 Å². The Morgan fingerprint density at radius 2 is 1.76 bits per heavy atom. The molecule has 108 valence electrons. The van der Waals surface area contributed by atoms with Gasteiger partial charge in [0.2, 0.25) is 0 Å². The van der Waals surface area contributed by atoms with Crippen LogP contribution in [0.25, 0.3) is 0 Å². The number of carbonyl (C=O) groups is 2. The van der Waals surface area contributed by atoms with Crippen molar-refractivity contribution in [1.29, 1.82) is 0 Å². The maximum atomic E-state index is 13.0. The van der Waals surface area contributed by atoms with Crippen molar-refractivity contribution in [3.05, 3.63) is 64.5 Å². The van der Waals surface area contributed by atoms with Crippen molar-refractivity contribution in [2.24, 2.45) is 0 Å². The lowest BCUT2D eigenvalue weighted by Crippen LogP contribution is -2.16. The summed E-state index contributed by atoms with van der Waals surface area (Å²) in [7, 11) is 0. The second kappa shape index (κ2) is 5.75. The van der Waals surface area contributed by atoms with Gasteiger partial charge in [0.25, 0.3) is 5.91 Å². The zero-order chi connectivity index (χ0) is 15.6. The largest absolute Gasteiger partial charge is 0.478 e. The highest BCUT2D eigenvalue weighted by molar-refractivity contribution is 6.08. The average Bonchev–Trinajstić information content (AvgIpc) is 2.40. The van der Waals surface area contributed by atoms with E-state index in [-0.39, 0.29) is 11.3 Å². The number of hydrogen-bond donors (Lipinski definition) is 2. The Morgan fingerprint density at radius 3 is 2.38 bits per heavy atom. The van der Waals surface area contributed by atoms with Crippen LogP contribution < -0.4 is 5.32 Å². The molecule has 0 radical (unpaired) electrons. The number of amides is 1. The van der Waals surface area contributed by atoms with Crippen molar-refractivity contribution in [3.8, 4) is 0 Å². The van der Waals surface area contributed by atoms with E-state index >= 15 is 0 Å². The molecule has 2 N–H and O–H groups in total. The van der Waals surface area contributed by atoms with Gasteiger partial charge < -0.3 is 10.4 Å². The fourth-order valence-corrected chi connectivity index (χ4v) is 2.02. The Labute approximate surface area is 121 Å². The Kier molecular flexibility index (Phi) is 4.03. The summed E-state index contributed by atoms with van der Waals surface area (Å²) in [5.74, 6) is -2.02. The summed E-state index contributed by atoms with van der Waals surface area (Å²) >= 11 is 0. The number of rotatable bonds is 3. The van der Waals surface area contributed by atoms with Crippen LogP contribution in [0.15, 0.2) is 36.4 Å². The van der Waals surface area contributed by atoms with E-state index in [0.717, 1.165) is 5.56 Å².